The largest absolute Gasteiger partial charge is 0.508 e. The zero-order chi connectivity index (χ0) is 16.6. The van der Waals surface area contributed by atoms with E-state index in [0.717, 1.165) is 11.3 Å². The molecule has 0 spiro atoms. The minimum absolute atomic E-state index is 0.0541. The van der Waals surface area contributed by atoms with Crippen molar-refractivity contribution in [1.29, 1.82) is 0 Å². The number of nitro groups is 1. The molecule has 0 bridgehead atoms. The Morgan fingerprint density at radius 2 is 1.91 bits per heavy atom. The number of phenolic OH excluding ortho intramolecular Hbond substituents is 1. The number of rotatable bonds is 3. The van der Waals surface area contributed by atoms with Gasteiger partial charge < -0.3 is 10.4 Å². The summed E-state index contributed by atoms with van der Waals surface area (Å²) >= 11 is 0. The van der Waals surface area contributed by atoms with Crippen molar-refractivity contribution in [2.24, 2.45) is 0 Å². The summed E-state index contributed by atoms with van der Waals surface area (Å²) < 4.78 is 0. The molecule has 1 aromatic heterocycles. The summed E-state index contributed by atoms with van der Waals surface area (Å²) in [6, 6.07) is 11.6. The van der Waals surface area contributed by atoms with E-state index in [2.05, 4.69) is 10.3 Å². The molecule has 0 saturated carbocycles. The lowest BCUT2D eigenvalue weighted by Crippen LogP contribution is -1.99. The molecule has 3 aromatic rings. The number of nitro benzene ring substituents is 1. The Labute approximate surface area is 132 Å². The first-order chi connectivity index (χ1) is 11.0. The van der Waals surface area contributed by atoms with E-state index >= 15 is 0 Å². The van der Waals surface area contributed by atoms with Crippen molar-refractivity contribution in [3.05, 3.63) is 63.8 Å². The first-order valence-electron chi connectivity index (χ1n) is 7.07. The van der Waals surface area contributed by atoms with Gasteiger partial charge in [0.1, 0.15) is 11.6 Å². The molecule has 2 N–H and O–H groups in total. The van der Waals surface area contributed by atoms with Crippen molar-refractivity contribution < 1.29 is 10.0 Å². The zero-order valence-corrected chi connectivity index (χ0v) is 12.7. The van der Waals surface area contributed by atoms with E-state index in [4.69, 9.17) is 0 Å². The number of aryl methyl sites for hydroxylation is 2. The van der Waals surface area contributed by atoms with E-state index < -0.39 is 4.92 Å². The zero-order valence-electron chi connectivity index (χ0n) is 12.7. The van der Waals surface area contributed by atoms with Gasteiger partial charge in [-0.15, -0.1) is 0 Å². The number of hydrogen-bond acceptors (Lipinski definition) is 5. The summed E-state index contributed by atoms with van der Waals surface area (Å²) in [5.41, 5.74) is 2.38. The van der Waals surface area contributed by atoms with E-state index in [1.54, 1.807) is 43.3 Å². The number of pyridine rings is 1. The molecule has 3 rings (SSSR count). The summed E-state index contributed by atoms with van der Waals surface area (Å²) in [6.45, 7) is 3.66. The highest BCUT2D eigenvalue weighted by molar-refractivity contribution is 5.99. The Kier molecular flexibility index (Phi) is 3.57. The fraction of sp³-hybridized carbons (Fsp3) is 0.118. The summed E-state index contributed by atoms with van der Waals surface area (Å²) in [5.74, 6) is 0.739. The van der Waals surface area contributed by atoms with Crippen molar-refractivity contribution in [3.8, 4) is 5.75 Å². The molecule has 116 valence electrons. The number of benzene rings is 2. The quantitative estimate of drug-likeness (QED) is 0.430. The second-order valence-electron chi connectivity index (χ2n) is 5.37. The van der Waals surface area contributed by atoms with Crippen molar-refractivity contribution in [1.82, 2.24) is 4.98 Å². The smallest absolute Gasteiger partial charge is 0.277 e. The Morgan fingerprint density at radius 1 is 1.13 bits per heavy atom. The van der Waals surface area contributed by atoms with Gasteiger partial charge in [-0.1, -0.05) is 12.1 Å². The van der Waals surface area contributed by atoms with Crippen LogP contribution >= 0.6 is 0 Å². The average molecular weight is 309 g/mol. The molecular weight excluding hydrogens is 294 g/mol. The molecule has 0 amide bonds. The maximum atomic E-state index is 11.2. The molecule has 0 saturated heterocycles. The summed E-state index contributed by atoms with van der Waals surface area (Å²) in [5, 5.41) is 25.2. The molecule has 0 unspecified atom stereocenters. The fourth-order valence-corrected chi connectivity index (χ4v) is 2.56. The number of hydrogen-bond donors (Lipinski definition) is 2. The van der Waals surface area contributed by atoms with E-state index in [1.165, 1.54) is 6.07 Å². The standard InChI is InChI=1S/C17H15N3O3/c1-10-8-12(21)6-7-15(10)19-17-13-4-3-5-16(20(22)23)14(13)9-11(2)18-17/h3-9,21H,1-2H3,(H,18,19). The highest BCUT2D eigenvalue weighted by atomic mass is 16.6. The molecule has 0 fully saturated rings. The van der Waals surface area contributed by atoms with Gasteiger partial charge >= 0.3 is 0 Å². The molecular formula is C17H15N3O3. The number of nitrogens with zero attached hydrogens (tertiary/aromatic N) is 2. The van der Waals surface area contributed by atoms with Crippen molar-refractivity contribution in [2.45, 2.75) is 13.8 Å². The lowest BCUT2D eigenvalue weighted by atomic mass is 10.1. The summed E-state index contributed by atoms with van der Waals surface area (Å²) in [6.07, 6.45) is 0. The van der Waals surface area contributed by atoms with Crippen molar-refractivity contribution in [3.63, 3.8) is 0 Å². The normalized spacial score (nSPS) is 10.7. The Hall–Kier alpha value is -3.15. The fourth-order valence-electron chi connectivity index (χ4n) is 2.56. The first kappa shape index (κ1) is 14.8. The topological polar surface area (TPSA) is 88.3 Å². The molecule has 0 aliphatic rings. The predicted molar refractivity (Wildman–Crippen MR) is 89.3 cm³/mol. The molecule has 0 aliphatic carbocycles. The molecule has 1 heterocycles. The molecule has 0 aliphatic heterocycles. The third kappa shape index (κ3) is 2.78. The Morgan fingerprint density at radius 3 is 2.61 bits per heavy atom. The number of anilines is 2. The van der Waals surface area contributed by atoms with Crippen LogP contribution < -0.4 is 5.32 Å². The van der Waals surface area contributed by atoms with Gasteiger partial charge in [-0.2, -0.15) is 0 Å². The van der Waals surface area contributed by atoms with Gasteiger partial charge in [0.05, 0.1) is 10.3 Å². The minimum atomic E-state index is -0.392. The molecule has 0 atom stereocenters. The molecule has 2 aromatic carbocycles. The Balaban J connectivity index is 2.17. The maximum absolute atomic E-state index is 11.2. The highest BCUT2D eigenvalue weighted by Gasteiger charge is 2.15. The van der Waals surface area contributed by atoms with Gasteiger partial charge in [0.2, 0.25) is 0 Å². The number of fused-ring (bicyclic) bond motifs is 1. The number of aromatic hydroxyl groups is 1. The third-order valence-electron chi connectivity index (χ3n) is 3.64. The van der Waals surface area contributed by atoms with E-state index in [-0.39, 0.29) is 11.4 Å². The van der Waals surface area contributed by atoms with Crippen LogP contribution in [-0.4, -0.2) is 15.0 Å². The SMILES string of the molecule is Cc1cc2c([N+](=O)[O-])cccc2c(Nc2ccc(O)cc2C)n1. The molecule has 6 heteroatoms. The van der Waals surface area contributed by atoms with Crippen LogP contribution in [0.2, 0.25) is 0 Å². The van der Waals surface area contributed by atoms with E-state index in [9.17, 15) is 15.2 Å². The van der Waals surface area contributed by atoms with Crippen LogP contribution in [0.5, 0.6) is 5.75 Å². The van der Waals surface area contributed by atoms with Crippen LogP contribution in [0.15, 0.2) is 42.5 Å². The lowest BCUT2D eigenvalue weighted by molar-refractivity contribution is -0.383. The van der Waals surface area contributed by atoms with Gasteiger partial charge in [-0.05, 0) is 43.7 Å². The van der Waals surface area contributed by atoms with Gasteiger partial charge in [-0.3, -0.25) is 10.1 Å². The van der Waals surface area contributed by atoms with E-state index in [1.807, 2.05) is 6.92 Å². The first-order valence-corrected chi connectivity index (χ1v) is 7.07. The van der Waals surface area contributed by atoms with Crippen LogP contribution in [0.3, 0.4) is 0 Å². The molecule has 0 radical (unpaired) electrons. The van der Waals surface area contributed by atoms with Gasteiger partial charge in [-0.25, -0.2) is 4.98 Å². The number of phenols is 1. The Bertz CT molecular complexity index is 922. The van der Waals surface area contributed by atoms with Gasteiger partial charge in [0.15, 0.2) is 0 Å². The molecule has 6 nitrogen and oxygen atoms in total. The summed E-state index contributed by atoms with van der Waals surface area (Å²) in [4.78, 5) is 15.3. The van der Waals surface area contributed by atoms with E-state index in [0.29, 0.717) is 22.3 Å². The molecule has 23 heavy (non-hydrogen) atoms. The van der Waals surface area contributed by atoms with Crippen LogP contribution in [0, 0.1) is 24.0 Å². The second kappa shape index (κ2) is 5.57. The van der Waals surface area contributed by atoms with Gasteiger partial charge in [0, 0.05) is 22.8 Å². The van der Waals surface area contributed by atoms with Crippen LogP contribution in [0.1, 0.15) is 11.3 Å². The van der Waals surface area contributed by atoms with Gasteiger partial charge in [0.25, 0.3) is 5.69 Å². The monoisotopic (exact) mass is 309 g/mol. The minimum Gasteiger partial charge on any atom is -0.508 e. The number of aromatic nitrogens is 1. The van der Waals surface area contributed by atoms with Crippen LogP contribution in [-0.2, 0) is 0 Å². The number of non-ortho nitro benzene ring substituents is 1. The number of nitrogens with one attached hydrogen (secondary N) is 1. The van der Waals surface area contributed by atoms with Crippen LogP contribution in [0.4, 0.5) is 17.2 Å². The third-order valence-corrected chi connectivity index (χ3v) is 3.64. The second-order valence-corrected chi connectivity index (χ2v) is 5.37. The van der Waals surface area contributed by atoms with Crippen LogP contribution in [0.25, 0.3) is 10.8 Å². The maximum Gasteiger partial charge on any atom is 0.277 e. The van der Waals surface area contributed by atoms with Crippen molar-refractivity contribution in [2.75, 3.05) is 5.32 Å². The lowest BCUT2D eigenvalue weighted by Gasteiger charge is -2.12. The highest BCUT2D eigenvalue weighted by Crippen LogP contribution is 2.32. The van der Waals surface area contributed by atoms with Crippen molar-refractivity contribution >= 4 is 28.0 Å². The predicted octanol–water partition coefficient (Wildman–Crippen LogP) is 4.21. The summed E-state index contributed by atoms with van der Waals surface area (Å²) in [7, 11) is 0. The average Bonchev–Trinajstić information content (AvgIpc) is 2.49.